The lowest BCUT2D eigenvalue weighted by Crippen LogP contribution is -2.03. The summed E-state index contributed by atoms with van der Waals surface area (Å²) in [6.45, 7) is 4.75. The molecule has 1 heterocycles. The fourth-order valence-electron chi connectivity index (χ4n) is 1.88. The van der Waals surface area contributed by atoms with Gasteiger partial charge in [0.15, 0.2) is 0 Å². The summed E-state index contributed by atoms with van der Waals surface area (Å²) in [7, 11) is 0. The molecule has 76 valence electrons. The van der Waals surface area contributed by atoms with Crippen LogP contribution >= 0.6 is 0 Å². The van der Waals surface area contributed by atoms with E-state index < -0.39 is 0 Å². The van der Waals surface area contributed by atoms with E-state index in [9.17, 15) is 5.11 Å². The highest BCUT2D eigenvalue weighted by molar-refractivity contribution is 5.42. The maximum Gasteiger partial charge on any atom is 0.123 e. The SMILES string of the molecule is CC(O)Cc1ccc2c(c1)OCC2C. The van der Waals surface area contributed by atoms with Crippen LogP contribution in [0.4, 0.5) is 0 Å². The topological polar surface area (TPSA) is 29.5 Å². The van der Waals surface area contributed by atoms with Crippen molar-refractivity contribution in [2.75, 3.05) is 6.61 Å². The quantitative estimate of drug-likeness (QED) is 0.777. The largest absolute Gasteiger partial charge is 0.493 e. The van der Waals surface area contributed by atoms with Crippen LogP contribution < -0.4 is 4.74 Å². The first kappa shape index (κ1) is 9.53. The van der Waals surface area contributed by atoms with Gasteiger partial charge in [0.2, 0.25) is 0 Å². The predicted octanol–water partition coefficient (Wildman–Crippen LogP) is 2.11. The molecule has 0 aromatic heterocycles. The Balaban J connectivity index is 2.24. The molecule has 2 heteroatoms. The van der Waals surface area contributed by atoms with Gasteiger partial charge in [0.05, 0.1) is 12.7 Å². The molecule has 0 aliphatic carbocycles. The number of aliphatic hydroxyl groups is 1. The van der Waals surface area contributed by atoms with E-state index in [1.165, 1.54) is 5.56 Å². The van der Waals surface area contributed by atoms with Gasteiger partial charge in [-0.2, -0.15) is 0 Å². The third kappa shape index (κ3) is 1.75. The molecule has 1 aliphatic heterocycles. The first-order valence-electron chi connectivity index (χ1n) is 5.10. The number of hydrogen-bond donors (Lipinski definition) is 1. The Morgan fingerprint density at radius 3 is 3.07 bits per heavy atom. The molecular weight excluding hydrogens is 176 g/mol. The first-order valence-corrected chi connectivity index (χ1v) is 5.10. The summed E-state index contributed by atoms with van der Waals surface area (Å²) in [6.07, 6.45) is 0.414. The number of ether oxygens (including phenoxy) is 1. The smallest absolute Gasteiger partial charge is 0.123 e. The van der Waals surface area contributed by atoms with Crippen LogP contribution in [0, 0.1) is 0 Å². The summed E-state index contributed by atoms with van der Waals surface area (Å²) in [5, 5.41) is 9.27. The average Bonchev–Trinajstić information content (AvgIpc) is 2.46. The van der Waals surface area contributed by atoms with E-state index in [0.29, 0.717) is 12.3 Å². The molecule has 0 amide bonds. The van der Waals surface area contributed by atoms with Crippen molar-refractivity contribution in [2.24, 2.45) is 0 Å². The summed E-state index contributed by atoms with van der Waals surface area (Å²) < 4.78 is 5.55. The Labute approximate surface area is 84.5 Å². The molecule has 2 nitrogen and oxygen atoms in total. The third-order valence-corrected chi connectivity index (χ3v) is 2.63. The van der Waals surface area contributed by atoms with E-state index in [1.807, 2.05) is 6.07 Å². The van der Waals surface area contributed by atoms with Gasteiger partial charge in [-0.15, -0.1) is 0 Å². The van der Waals surface area contributed by atoms with Crippen LogP contribution in [0.1, 0.15) is 30.9 Å². The summed E-state index contributed by atoms with van der Waals surface area (Å²) in [6, 6.07) is 6.24. The Kier molecular flexibility index (Phi) is 2.46. The molecule has 0 radical (unpaired) electrons. The highest BCUT2D eigenvalue weighted by atomic mass is 16.5. The van der Waals surface area contributed by atoms with Crippen LogP contribution in [0.15, 0.2) is 18.2 Å². The van der Waals surface area contributed by atoms with Gasteiger partial charge in [0.1, 0.15) is 5.75 Å². The van der Waals surface area contributed by atoms with E-state index in [-0.39, 0.29) is 6.10 Å². The van der Waals surface area contributed by atoms with Crippen LogP contribution in [0.5, 0.6) is 5.75 Å². The van der Waals surface area contributed by atoms with E-state index in [4.69, 9.17) is 4.74 Å². The number of hydrogen-bond acceptors (Lipinski definition) is 2. The molecule has 1 aromatic rings. The van der Waals surface area contributed by atoms with Crippen molar-refractivity contribution >= 4 is 0 Å². The molecule has 0 bridgehead atoms. The minimum atomic E-state index is -0.285. The van der Waals surface area contributed by atoms with E-state index in [2.05, 4.69) is 19.1 Å². The maximum atomic E-state index is 9.27. The second kappa shape index (κ2) is 3.62. The van der Waals surface area contributed by atoms with Crippen molar-refractivity contribution in [3.63, 3.8) is 0 Å². The standard InChI is InChI=1S/C12H16O2/c1-8-7-14-12-6-10(5-9(2)13)3-4-11(8)12/h3-4,6,8-9,13H,5,7H2,1-2H3. The molecule has 2 atom stereocenters. The van der Waals surface area contributed by atoms with Crippen LogP contribution in [-0.2, 0) is 6.42 Å². The van der Waals surface area contributed by atoms with Crippen LogP contribution in [0.25, 0.3) is 0 Å². The Morgan fingerprint density at radius 2 is 2.36 bits per heavy atom. The minimum Gasteiger partial charge on any atom is -0.493 e. The molecule has 1 aliphatic rings. The summed E-state index contributed by atoms with van der Waals surface area (Å²) >= 11 is 0. The predicted molar refractivity (Wildman–Crippen MR) is 55.7 cm³/mol. The maximum absolute atomic E-state index is 9.27. The van der Waals surface area contributed by atoms with Crippen LogP contribution in [-0.4, -0.2) is 17.8 Å². The van der Waals surface area contributed by atoms with Gasteiger partial charge in [0.25, 0.3) is 0 Å². The van der Waals surface area contributed by atoms with Gasteiger partial charge in [0, 0.05) is 11.5 Å². The van der Waals surface area contributed by atoms with Gasteiger partial charge in [-0.3, -0.25) is 0 Å². The number of benzene rings is 1. The molecule has 2 unspecified atom stereocenters. The normalized spacial score (nSPS) is 21.5. The minimum absolute atomic E-state index is 0.285. The molecule has 1 N–H and O–H groups in total. The summed E-state index contributed by atoms with van der Waals surface area (Å²) in [5.41, 5.74) is 2.44. The monoisotopic (exact) mass is 192 g/mol. The zero-order chi connectivity index (χ0) is 10.1. The van der Waals surface area contributed by atoms with Gasteiger partial charge < -0.3 is 9.84 Å². The van der Waals surface area contributed by atoms with Crippen molar-refractivity contribution < 1.29 is 9.84 Å². The Hall–Kier alpha value is -1.02. The Morgan fingerprint density at radius 1 is 1.57 bits per heavy atom. The van der Waals surface area contributed by atoms with Crippen LogP contribution in [0.3, 0.4) is 0 Å². The zero-order valence-corrected chi connectivity index (χ0v) is 8.66. The molecule has 0 fully saturated rings. The van der Waals surface area contributed by atoms with Crippen molar-refractivity contribution in [2.45, 2.75) is 32.3 Å². The lowest BCUT2D eigenvalue weighted by atomic mass is 10.00. The summed E-state index contributed by atoms with van der Waals surface area (Å²) in [4.78, 5) is 0. The molecule has 14 heavy (non-hydrogen) atoms. The molecule has 0 spiro atoms. The first-order chi connectivity index (χ1) is 6.66. The molecule has 2 rings (SSSR count). The fourth-order valence-corrected chi connectivity index (χ4v) is 1.88. The van der Waals surface area contributed by atoms with Gasteiger partial charge in [-0.05, 0) is 25.0 Å². The second-order valence-electron chi connectivity index (χ2n) is 4.14. The van der Waals surface area contributed by atoms with Gasteiger partial charge in [-0.25, -0.2) is 0 Å². The number of aliphatic hydroxyl groups excluding tert-OH is 1. The highest BCUT2D eigenvalue weighted by Gasteiger charge is 2.19. The fraction of sp³-hybridized carbons (Fsp3) is 0.500. The van der Waals surface area contributed by atoms with Crippen molar-refractivity contribution in [3.05, 3.63) is 29.3 Å². The lowest BCUT2D eigenvalue weighted by Gasteiger charge is -2.06. The Bertz CT molecular complexity index is 331. The van der Waals surface area contributed by atoms with Gasteiger partial charge in [-0.1, -0.05) is 19.1 Å². The van der Waals surface area contributed by atoms with E-state index in [1.54, 1.807) is 6.92 Å². The van der Waals surface area contributed by atoms with E-state index in [0.717, 1.165) is 17.9 Å². The molecular formula is C12H16O2. The van der Waals surface area contributed by atoms with Crippen LogP contribution in [0.2, 0.25) is 0 Å². The third-order valence-electron chi connectivity index (χ3n) is 2.63. The van der Waals surface area contributed by atoms with E-state index >= 15 is 0 Å². The van der Waals surface area contributed by atoms with Crippen molar-refractivity contribution in [1.29, 1.82) is 0 Å². The number of fused-ring (bicyclic) bond motifs is 1. The van der Waals surface area contributed by atoms with Crippen molar-refractivity contribution in [1.82, 2.24) is 0 Å². The number of rotatable bonds is 2. The zero-order valence-electron chi connectivity index (χ0n) is 8.66. The molecule has 0 saturated heterocycles. The van der Waals surface area contributed by atoms with Crippen molar-refractivity contribution in [3.8, 4) is 5.75 Å². The summed E-state index contributed by atoms with van der Waals surface area (Å²) in [5.74, 6) is 1.50. The lowest BCUT2D eigenvalue weighted by molar-refractivity contribution is 0.195. The second-order valence-corrected chi connectivity index (χ2v) is 4.14. The average molecular weight is 192 g/mol. The molecule has 1 aromatic carbocycles. The van der Waals surface area contributed by atoms with Gasteiger partial charge >= 0.3 is 0 Å². The molecule has 0 saturated carbocycles. The highest BCUT2D eigenvalue weighted by Crippen LogP contribution is 2.34.